The van der Waals surface area contributed by atoms with Crippen LogP contribution in [0.1, 0.15) is 29.2 Å². The van der Waals surface area contributed by atoms with Gasteiger partial charge in [0.15, 0.2) is 0 Å². The Morgan fingerprint density at radius 2 is 1.88 bits per heavy atom. The molecule has 0 aliphatic heterocycles. The summed E-state index contributed by atoms with van der Waals surface area (Å²) in [5, 5.41) is 3.94. The Morgan fingerprint density at radius 1 is 1.12 bits per heavy atom. The number of carbonyl (C=O) groups excluding carboxylic acids is 1. The Balaban J connectivity index is 1.54. The van der Waals surface area contributed by atoms with Crippen LogP contribution in [-0.2, 0) is 23.6 Å². The minimum absolute atomic E-state index is 0.118. The molecule has 3 aromatic carbocycles. The first-order valence-electron chi connectivity index (χ1n) is 10.6. The van der Waals surface area contributed by atoms with Gasteiger partial charge < -0.3 is 4.74 Å². The van der Waals surface area contributed by atoms with E-state index in [9.17, 15) is 4.79 Å². The molecule has 0 heterocycles. The Morgan fingerprint density at radius 3 is 2.61 bits per heavy atom. The molecule has 0 saturated carbocycles. The third-order valence-electron chi connectivity index (χ3n) is 4.86. The highest BCUT2D eigenvalue weighted by atomic mass is 79.9. The number of nitrogens with one attached hydrogen (secondary N) is 1. The van der Waals surface area contributed by atoms with Gasteiger partial charge in [0.1, 0.15) is 12.4 Å². The molecule has 0 aliphatic rings. The van der Waals surface area contributed by atoms with Crippen molar-refractivity contribution in [1.29, 1.82) is 0 Å². The fourth-order valence-electron chi connectivity index (χ4n) is 3.01. The third-order valence-corrected chi connectivity index (χ3v) is 6.60. The van der Waals surface area contributed by atoms with E-state index in [2.05, 4.69) is 45.2 Å². The molecular weight excluding hydrogens is 496 g/mol. The van der Waals surface area contributed by atoms with Crippen LogP contribution in [0.5, 0.6) is 5.75 Å². The van der Waals surface area contributed by atoms with Crippen LogP contribution in [0.3, 0.4) is 0 Å². The summed E-state index contributed by atoms with van der Waals surface area (Å²) in [5.74, 6) is 1.48. The largest absolute Gasteiger partial charge is 0.489 e. The van der Waals surface area contributed by atoms with Crippen molar-refractivity contribution in [2.45, 2.75) is 31.0 Å². The van der Waals surface area contributed by atoms with Crippen molar-refractivity contribution in [3.63, 3.8) is 0 Å². The molecule has 170 valence electrons. The second-order valence-electron chi connectivity index (χ2n) is 7.45. The smallest absolute Gasteiger partial charge is 0.252 e. The zero-order chi connectivity index (χ0) is 23.5. The number of allylic oxidation sites excluding steroid dienone is 1. The summed E-state index contributed by atoms with van der Waals surface area (Å²) >= 11 is 5.03. The van der Waals surface area contributed by atoms with Gasteiger partial charge in [0.2, 0.25) is 0 Å². The van der Waals surface area contributed by atoms with Crippen LogP contribution >= 0.6 is 27.7 Å². The lowest BCUT2D eigenvalue weighted by Gasteiger charge is -2.12. The Labute approximate surface area is 208 Å². The van der Waals surface area contributed by atoms with E-state index >= 15 is 0 Å². The van der Waals surface area contributed by atoms with Gasteiger partial charge in [-0.2, -0.15) is 5.10 Å². The number of thioether (sulfide) groups is 1. The minimum Gasteiger partial charge on any atom is -0.489 e. The minimum atomic E-state index is -0.201. The monoisotopic (exact) mass is 522 g/mol. The fraction of sp³-hybridized carbons (Fsp3) is 0.185. The lowest BCUT2D eigenvalue weighted by Crippen LogP contribution is -2.27. The molecule has 0 aliphatic carbocycles. The van der Waals surface area contributed by atoms with Crippen LogP contribution in [-0.4, -0.2) is 17.4 Å². The Hall–Kier alpha value is -2.83. The van der Waals surface area contributed by atoms with E-state index < -0.39 is 0 Å². The number of hydrogen-bond acceptors (Lipinski definition) is 4. The van der Waals surface area contributed by atoms with Crippen LogP contribution in [0.4, 0.5) is 0 Å². The number of carbonyl (C=O) groups is 1. The summed E-state index contributed by atoms with van der Waals surface area (Å²) in [6, 6.07) is 24.0. The van der Waals surface area contributed by atoms with Gasteiger partial charge in [0.25, 0.3) is 5.91 Å². The van der Waals surface area contributed by atoms with E-state index in [1.165, 1.54) is 5.56 Å². The maximum atomic E-state index is 12.3. The molecule has 4 nitrogen and oxygen atoms in total. The number of hydrazone groups is 1. The first-order chi connectivity index (χ1) is 16.0. The number of hydrogen-bond donors (Lipinski definition) is 1. The van der Waals surface area contributed by atoms with E-state index in [1.54, 1.807) is 18.0 Å². The average molecular weight is 523 g/mol. The number of ether oxygens (including phenoxy) is 1. The second-order valence-corrected chi connectivity index (χ2v) is 9.69. The number of benzene rings is 3. The van der Waals surface area contributed by atoms with E-state index in [1.807, 2.05) is 73.7 Å². The topological polar surface area (TPSA) is 50.7 Å². The zero-order valence-electron chi connectivity index (χ0n) is 18.5. The molecule has 1 unspecified atom stereocenters. The quantitative estimate of drug-likeness (QED) is 0.177. The van der Waals surface area contributed by atoms with Crippen LogP contribution < -0.4 is 10.2 Å². The lowest BCUT2D eigenvalue weighted by atomic mass is 10.1. The summed E-state index contributed by atoms with van der Waals surface area (Å²) in [6.45, 7) is 6.22. The summed E-state index contributed by atoms with van der Waals surface area (Å²) in [7, 11) is 0. The number of amides is 1. The van der Waals surface area contributed by atoms with Gasteiger partial charge in [-0.3, -0.25) is 4.79 Å². The molecule has 0 radical (unpaired) electrons. The molecule has 33 heavy (non-hydrogen) atoms. The first kappa shape index (κ1) is 24.8. The molecule has 0 fully saturated rings. The normalized spacial score (nSPS) is 11.8. The predicted molar refractivity (Wildman–Crippen MR) is 142 cm³/mol. The number of nitrogens with zero attached hydrogens (tertiary/aromatic N) is 1. The molecule has 3 rings (SSSR count). The van der Waals surface area contributed by atoms with Crippen molar-refractivity contribution in [2.75, 3.05) is 0 Å². The van der Waals surface area contributed by atoms with Crippen molar-refractivity contribution >= 4 is 39.8 Å². The van der Waals surface area contributed by atoms with Crippen molar-refractivity contribution in [3.8, 4) is 5.75 Å². The molecular formula is C27H27BrN2O2S. The second kappa shape index (κ2) is 13.0. The van der Waals surface area contributed by atoms with E-state index in [0.717, 1.165) is 32.7 Å². The maximum Gasteiger partial charge on any atom is 0.252 e. The number of rotatable bonds is 11. The predicted octanol–water partition coefficient (Wildman–Crippen LogP) is 6.53. The van der Waals surface area contributed by atoms with Gasteiger partial charge >= 0.3 is 0 Å². The summed E-state index contributed by atoms with van der Waals surface area (Å²) < 4.78 is 7.07. The highest BCUT2D eigenvalue weighted by molar-refractivity contribution is 9.10. The molecule has 0 bridgehead atoms. The maximum absolute atomic E-state index is 12.3. The average Bonchev–Trinajstić information content (AvgIpc) is 2.84. The Bertz CT molecular complexity index is 1090. The molecule has 0 spiro atoms. The standard InChI is InChI=1S/C27H27BrN2O2S/c1-3-7-24-16-23(12-15-26(24)32-18-21-10-13-25(28)14-11-21)17-29-30-27(31)20(2)33-19-22-8-5-4-6-9-22/h3-6,8-17,20H,1,7,18-19H2,2H3,(H,30,31)/b29-17+. The molecule has 0 saturated heterocycles. The zero-order valence-corrected chi connectivity index (χ0v) is 20.9. The highest BCUT2D eigenvalue weighted by Crippen LogP contribution is 2.23. The molecule has 1 atom stereocenters. The summed E-state index contributed by atoms with van der Waals surface area (Å²) in [6.07, 6.45) is 4.17. The first-order valence-corrected chi connectivity index (χ1v) is 12.5. The summed E-state index contributed by atoms with van der Waals surface area (Å²) in [4.78, 5) is 12.3. The van der Waals surface area contributed by atoms with E-state index in [-0.39, 0.29) is 11.2 Å². The highest BCUT2D eigenvalue weighted by Gasteiger charge is 2.12. The van der Waals surface area contributed by atoms with Gasteiger partial charge in [-0.05, 0) is 65.9 Å². The molecule has 6 heteroatoms. The van der Waals surface area contributed by atoms with Gasteiger partial charge in [-0.1, -0.05) is 64.5 Å². The molecule has 1 amide bonds. The van der Waals surface area contributed by atoms with Crippen LogP contribution in [0, 0.1) is 0 Å². The van der Waals surface area contributed by atoms with Crippen LogP contribution in [0.2, 0.25) is 0 Å². The van der Waals surface area contributed by atoms with E-state index in [0.29, 0.717) is 13.0 Å². The van der Waals surface area contributed by atoms with Crippen molar-refractivity contribution in [3.05, 3.63) is 112 Å². The third kappa shape index (κ3) is 8.22. The van der Waals surface area contributed by atoms with Crippen LogP contribution in [0.15, 0.2) is 95.0 Å². The van der Waals surface area contributed by atoms with E-state index in [4.69, 9.17) is 4.74 Å². The van der Waals surface area contributed by atoms with Gasteiger partial charge in [-0.15, -0.1) is 18.3 Å². The molecule has 3 aromatic rings. The van der Waals surface area contributed by atoms with Gasteiger partial charge in [-0.25, -0.2) is 5.43 Å². The SMILES string of the molecule is C=CCc1cc(/C=N/NC(=O)C(C)SCc2ccccc2)ccc1OCc1ccc(Br)cc1. The van der Waals surface area contributed by atoms with Gasteiger partial charge in [0.05, 0.1) is 11.5 Å². The molecule has 0 aromatic heterocycles. The Kier molecular flexibility index (Phi) is 9.78. The molecule has 1 N–H and O–H groups in total. The summed E-state index contributed by atoms with van der Waals surface area (Å²) in [5.41, 5.74) is 6.83. The van der Waals surface area contributed by atoms with Crippen molar-refractivity contribution < 1.29 is 9.53 Å². The van der Waals surface area contributed by atoms with Crippen LogP contribution in [0.25, 0.3) is 0 Å². The number of halogens is 1. The fourth-order valence-corrected chi connectivity index (χ4v) is 4.11. The van der Waals surface area contributed by atoms with Crippen molar-refractivity contribution in [1.82, 2.24) is 5.43 Å². The van der Waals surface area contributed by atoms with Gasteiger partial charge in [0, 0.05) is 10.2 Å². The lowest BCUT2D eigenvalue weighted by molar-refractivity contribution is -0.120. The van der Waals surface area contributed by atoms with Crippen molar-refractivity contribution in [2.24, 2.45) is 5.10 Å².